The van der Waals surface area contributed by atoms with Gasteiger partial charge in [0.05, 0.1) is 126 Å². The maximum atomic E-state index is 14.1. The van der Waals surface area contributed by atoms with E-state index in [1.165, 1.54) is 127 Å². The number of carbonyl (C=O) groups excluding carboxylic acids is 4. The van der Waals surface area contributed by atoms with Crippen molar-refractivity contribution in [3.63, 3.8) is 0 Å². The predicted octanol–water partition coefficient (Wildman–Crippen LogP) is 11.1. The maximum Gasteiger partial charge on any atom is 0.510 e. The number of hydrogen-bond acceptors (Lipinski definition) is 48. The Morgan fingerprint density at radius 2 is 0.651 bits per heavy atom. The van der Waals surface area contributed by atoms with Crippen LogP contribution in [0, 0.1) is 29.2 Å². The Balaban J connectivity index is 0.000000203. The number of nitrogens with one attached hydrogen (secondary N) is 4. The molecule has 8 heterocycles. The van der Waals surface area contributed by atoms with Crippen molar-refractivity contribution in [1.29, 1.82) is 0 Å². The predicted molar refractivity (Wildman–Crippen MR) is 512 cm³/mol. The van der Waals surface area contributed by atoms with Crippen LogP contribution in [0.5, 0.6) is 23.0 Å². The average Bonchev–Trinajstić information content (AvgIpc) is 1.74. The van der Waals surface area contributed by atoms with Crippen LogP contribution in [0.15, 0.2) is 117 Å². The van der Waals surface area contributed by atoms with E-state index in [2.05, 4.69) is 69.3 Å². The molecule has 0 bridgehead atoms. The molecule has 1 fully saturated rings. The number of carbonyl (C=O) groups is 4. The summed E-state index contributed by atoms with van der Waals surface area (Å²) in [5.41, 5.74) is 23.2. The van der Waals surface area contributed by atoms with Crippen molar-refractivity contribution in [2.75, 3.05) is 144 Å². The quantitative estimate of drug-likeness (QED) is 0.00438. The number of H-pyrrole nitrogens is 4. The van der Waals surface area contributed by atoms with Crippen molar-refractivity contribution in [2.45, 2.75) is 118 Å². The Kier molecular flexibility index (Phi) is 44.6. The number of hydrogen-bond donors (Lipinski definition) is 8. The van der Waals surface area contributed by atoms with Crippen molar-refractivity contribution in [2.24, 2.45) is 5.92 Å². The van der Waals surface area contributed by atoms with Gasteiger partial charge < -0.3 is 135 Å². The normalized spacial score (nSPS) is 13.6. The van der Waals surface area contributed by atoms with Gasteiger partial charge in [-0.05, 0) is 116 Å². The third kappa shape index (κ3) is 36.7. The molecule has 0 radical (unpaired) electrons. The third-order valence-electron chi connectivity index (χ3n) is 19.8. The van der Waals surface area contributed by atoms with Crippen molar-refractivity contribution in [1.82, 2.24) is 78.1 Å². The van der Waals surface area contributed by atoms with E-state index in [4.69, 9.17) is 125 Å². The molecule has 149 heavy (non-hydrogen) atoms. The Bertz CT molecular complexity index is 6970. The van der Waals surface area contributed by atoms with Crippen LogP contribution in [0.2, 0.25) is 0 Å². The van der Waals surface area contributed by atoms with E-state index in [1.54, 1.807) is 13.8 Å². The largest absolute Gasteiger partial charge is 0.510 e. The fourth-order valence-corrected chi connectivity index (χ4v) is 17.1. The molecular formula is C85H108F4N20O36P4. The second kappa shape index (κ2) is 56.9. The lowest BCUT2D eigenvalue weighted by atomic mass is 10.2. The van der Waals surface area contributed by atoms with E-state index in [1.807, 2.05) is 13.8 Å². The molecular weight excluding hydrogens is 2080 g/mol. The van der Waals surface area contributed by atoms with Crippen molar-refractivity contribution in [3.8, 4) is 23.0 Å². The van der Waals surface area contributed by atoms with Crippen LogP contribution in [-0.4, -0.2) is 236 Å². The van der Waals surface area contributed by atoms with Gasteiger partial charge in [0.25, 0.3) is 22.2 Å². The monoisotopic (exact) mass is 2180 g/mol. The van der Waals surface area contributed by atoms with Crippen LogP contribution in [0.1, 0.15) is 75.6 Å². The number of anilines is 4. The number of fused-ring (bicyclic) bond motifs is 4. The minimum absolute atomic E-state index is 0.00169. The molecule has 1 aliphatic rings. The summed E-state index contributed by atoms with van der Waals surface area (Å²) in [7, 11) is -9.59. The summed E-state index contributed by atoms with van der Waals surface area (Å²) in [6, 6.07) is 16.3. The molecule has 8 aromatic heterocycles. The molecule has 0 saturated heterocycles. The van der Waals surface area contributed by atoms with Gasteiger partial charge in [0, 0.05) is 26.2 Å². The molecule has 1 saturated carbocycles. The summed E-state index contributed by atoms with van der Waals surface area (Å²) in [4.78, 5) is 135. The summed E-state index contributed by atoms with van der Waals surface area (Å²) in [5, 5.41) is 0. The number of halogens is 4. The second-order valence-electron chi connectivity index (χ2n) is 31.5. The van der Waals surface area contributed by atoms with Crippen LogP contribution in [-0.2, 0) is 164 Å². The molecule has 0 amide bonds. The number of aromatic amines is 4. The number of imidazole rings is 4. The average molecular weight is 2190 g/mol. The summed E-state index contributed by atoms with van der Waals surface area (Å²) >= 11 is 0. The number of methoxy groups -OCH3 is 5. The van der Waals surface area contributed by atoms with Crippen molar-refractivity contribution in [3.05, 3.63) is 185 Å². The lowest BCUT2D eigenvalue weighted by molar-refractivity contribution is -0.0215. The van der Waals surface area contributed by atoms with E-state index >= 15 is 0 Å². The zero-order valence-electron chi connectivity index (χ0n) is 81.3. The highest BCUT2D eigenvalue weighted by atomic mass is 31.2. The minimum Gasteiger partial charge on any atom is -0.494 e. The highest BCUT2D eigenvalue weighted by Crippen LogP contribution is 2.52. The number of ether oxygens (including phenoxy) is 16. The second-order valence-corrected chi connectivity index (χ2v) is 39.5. The van der Waals surface area contributed by atoms with Gasteiger partial charge in [-0.1, -0.05) is 38.1 Å². The van der Waals surface area contributed by atoms with Crippen molar-refractivity contribution < 1.29 is 167 Å². The Hall–Kier alpha value is -14.1. The molecule has 4 unspecified atom stereocenters. The fraction of sp³-hybridized carbons (Fsp3) is 0.435. The number of benzene rings is 4. The molecule has 12 N–H and O–H groups in total. The van der Waals surface area contributed by atoms with Crippen molar-refractivity contribution >= 4 is 123 Å². The number of rotatable bonds is 52. The molecule has 0 aliphatic heterocycles. The number of nitrogens with two attached hydrogens (primary N) is 4. The number of nitrogens with zero attached hydrogens (tertiary/aromatic N) is 12. The lowest BCUT2D eigenvalue weighted by Crippen LogP contribution is -2.17. The van der Waals surface area contributed by atoms with E-state index in [9.17, 15) is 74.2 Å². The summed E-state index contributed by atoms with van der Waals surface area (Å²) in [6.45, 7) is 3.68. The molecule has 56 nitrogen and oxygen atoms in total. The van der Waals surface area contributed by atoms with Crippen LogP contribution < -0.4 is 64.1 Å². The smallest absolute Gasteiger partial charge is 0.494 e. The maximum absolute atomic E-state index is 14.1. The summed E-state index contributed by atoms with van der Waals surface area (Å²) in [6.07, 6.45) is 2.22. The molecule has 812 valence electrons. The first kappa shape index (κ1) is 117. The Morgan fingerprint density at radius 1 is 0.383 bits per heavy atom. The van der Waals surface area contributed by atoms with Gasteiger partial charge in [-0.15, -0.1) is 0 Å². The van der Waals surface area contributed by atoms with E-state index in [-0.39, 0.29) is 189 Å². The minimum atomic E-state index is -4.01. The molecule has 1 aliphatic carbocycles. The van der Waals surface area contributed by atoms with Gasteiger partial charge in [0.1, 0.15) is 31.5 Å². The topological polar surface area (TPSA) is 716 Å². The fourth-order valence-electron chi connectivity index (χ4n) is 12.6. The first-order valence-electron chi connectivity index (χ1n) is 44.3. The van der Waals surface area contributed by atoms with E-state index in [0.717, 1.165) is 51.0 Å². The molecule has 64 heteroatoms. The van der Waals surface area contributed by atoms with Gasteiger partial charge in [0.2, 0.25) is 51.0 Å². The van der Waals surface area contributed by atoms with Crippen LogP contribution in [0.25, 0.3) is 44.7 Å². The van der Waals surface area contributed by atoms with Gasteiger partial charge in [-0.2, -0.15) is 19.9 Å². The lowest BCUT2D eigenvalue weighted by Gasteiger charge is -2.19. The molecule has 4 aromatic carbocycles. The number of nitrogen functional groups attached to an aromatic ring is 4. The van der Waals surface area contributed by atoms with Gasteiger partial charge in [-0.3, -0.25) is 75.5 Å². The highest BCUT2D eigenvalue weighted by molar-refractivity contribution is 7.54. The first-order valence-corrected chi connectivity index (χ1v) is 51.2. The molecule has 0 spiro atoms. The SMILES string of the molecule is COC(=O)OCOP(=O)(COCCn1cnc2c(=O)[nH]c(N)nc21)OCc1ccc(OC)c(F)c1.COc1ccc(COP(=O)(COCCn2cnc3c(=O)[nH]c(N)nc32)OCOC(=O)OC(C)C)cc1F.COc1ccc(COP(=O)(COCCn2cnc3c(=O)[nH]c(N)nc32)OCOC(=O)OC2CCCC2)cc1F.COc1ccc(COP(=O)(COCCn2cnc3c(=O)[nH]c(N)nc32)OCOC(=O)OCC(C)C)cc1F. The Morgan fingerprint density at radius 3 is 0.906 bits per heavy atom. The summed E-state index contributed by atoms with van der Waals surface area (Å²) < 4.78 is 237. The Labute approximate surface area is 841 Å². The van der Waals surface area contributed by atoms with E-state index < -0.39 is 159 Å². The van der Waals surface area contributed by atoms with Crippen LogP contribution in [0.3, 0.4) is 0 Å². The number of aromatic nitrogens is 16. The standard InChI is InChI=1S/C23H29FN5O9P.C22H29FN5O9P.C21H27FN5O9P.C19H23FN5O9P/c1-33-18-7-6-15(10-17(18)24)11-36-39(32,37-13-35-23(31)38-16-4-2-3-5-16)14-34-9-8-29-12-26-19-20(29)27-22(25)28-21(19)30;1-14(2)9-34-22(30)35-12-37-38(31,36-10-15-4-5-17(32-3)16(23)8-15)13-33-7-6-28-11-25-18-19(28)26-21(24)27-20(18)29;1-13(2)36-21(29)33-11-35-37(30,34-9-14-4-5-16(31-3)15(22)8-14)12-32-7-6-27-10-24-17-18(27)25-20(23)26-19(17)28;1-29-14-4-3-12(7-13(14)20)8-33-35(28,34-10-32-19(27)30-2)11-31-6-5-25-9-22-15-16(25)23-18(21)24-17(15)26/h6-7,10,12,16H,2-5,8-9,11,13-14H2,1H3,(H3,25,27,28,30);4-5,8,11,14H,6-7,9-10,12-13H2,1-3H3,(H3,24,26,27,29);4-5,8,10,13H,6-7,9,11-12H2,1-3H3,(H3,23,25,26,28);3-4,7,9H,5-6,8,10-11H2,1-2H3,(H3,21,23,24,26). The highest BCUT2D eigenvalue weighted by Gasteiger charge is 2.33. The summed E-state index contributed by atoms with van der Waals surface area (Å²) in [5.74, 6) is -2.55. The van der Waals surface area contributed by atoms with Gasteiger partial charge >= 0.3 is 55.0 Å². The van der Waals surface area contributed by atoms with E-state index in [0.29, 0.717) is 22.3 Å². The van der Waals surface area contributed by atoms with Crippen LogP contribution >= 0.6 is 30.4 Å². The van der Waals surface area contributed by atoms with Gasteiger partial charge in [-0.25, -0.2) is 56.7 Å². The van der Waals surface area contributed by atoms with Gasteiger partial charge in [0.15, 0.2) is 90.9 Å². The first-order chi connectivity index (χ1) is 71.2. The zero-order valence-corrected chi connectivity index (χ0v) is 84.9. The molecule has 4 atom stereocenters. The third-order valence-corrected chi connectivity index (χ3v) is 25.8. The zero-order chi connectivity index (χ0) is 108. The molecule has 12 aromatic rings. The van der Waals surface area contributed by atoms with Crippen LogP contribution in [0.4, 0.5) is 60.5 Å². The molecule has 13 rings (SSSR count).